The van der Waals surface area contributed by atoms with Crippen LogP contribution in [0.5, 0.6) is 17.2 Å². The quantitative estimate of drug-likeness (QED) is 0.352. The normalized spacial score (nSPS) is 11.2. The molecule has 0 radical (unpaired) electrons. The van der Waals surface area contributed by atoms with E-state index in [1.165, 1.54) is 30.3 Å². The van der Waals surface area contributed by atoms with Crippen molar-refractivity contribution < 1.29 is 24.5 Å². The van der Waals surface area contributed by atoms with Crippen LogP contribution in [0.15, 0.2) is 72.8 Å². The number of carboxylic acids is 1. The molecule has 4 aromatic rings. The third-order valence-corrected chi connectivity index (χ3v) is 5.38. The molecule has 3 aromatic carbocycles. The molecule has 0 unspecified atom stereocenters. The van der Waals surface area contributed by atoms with Crippen molar-refractivity contribution in [3.05, 3.63) is 95.3 Å². The molecule has 0 fully saturated rings. The smallest absolute Gasteiger partial charge is 0.305 e. The highest BCUT2D eigenvalue weighted by Gasteiger charge is 2.24. The fourth-order valence-corrected chi connectivity index (χ4v) is 3.65. The van der Waals surface area contributed by atoms with Crippen LogP contribution in [0.3, 0.4) is 0 Å². The van der Waals surface area contributed by atoms with Gasteiger partial charge in [0.2, 0.25) is 0 Å². The number of aliphatic carboxylic acids is 1. The van der Waals surface area contributed by atoms with Crippen molar-refractivity contribution in [3.63, 3.8) is 0 Å². The number of pyridine rings is 1. The highest BCUT2D eigenvalue weighted by Crippen LogP contribution is 2.34. The van der Waals surface area contributed by atoms with E-state index >= 15 is 0 Å². The Balaban J connectivity index is 1.68. The molecule has 4 rings (SSSR count). The minimum Gasteiger partial charge on any atom is -0.505 e. The molecule has 9 heteroatoms. The van der Waals surface area contributed by atoms with Gasteiger partial charge in [-0.05, 0) is 48.0 Å². The molecule has 36 heavy (non-hydrogen) atoms. The fourth-order valence-electron chi connectivity index (χ4n) is 3.65. The lowest BCUT2D eigenvalue weighted by atomic mass is 10.0. The number of fused-ring (bicyclic) bond motifs is 1. The van der Waals surface area contributed by atoms with E-state index in [0.717, 1.165) is 0 Å². The average Bonchev–Trinajstić information content (AvgIpc) is 2.89. The lowest BCUT2D eigenvalue weighted by Gasteiger charge is -2.18. The third-order valence-electron chi connectivity index (χ3n) is 5.38. The molecule has 1 aromatic heterocycles. The fraction of sp³-hybridized carbons (Fsp3) is 0.0741. The van der Waals surface area contributed by atoms with E-state index in [4.69, 9.17) is 10.00 Å². The van der Waals surface area contributed by atoms with E-state index in [1.807, 2.05) is 30.3 Å². The first-order chi connectivity index (χ1) is 17.4. The van der Waals surface area contributed by atoms with E-state index in [2.05, 4.69) is 10.3 Å². The number of carbonyl (C=O) groups is 2. The number of carbonyl (C=O) groups excluding carboxylic acids is 1. The number of amides is 1. The van der Waals surface area contributed by atoms with E-state index in [1.54, 1.807) is 24.3 Å². The number of aromatic nitrogens is 1. The number of rotatable bonds is 7. The highest BCUT2D eigenvalue weighted by molar-refractivity contribution is 6.03. The molecule has 1 amide bonds. The van der Waals surface area contributed by atoms with Gasteiger partial charge in [-0.25, -0.2) is 4.98 Å². The molecule has 0 saturated carbocycles. The summed E-state index contributed by atoms with van der Waals surface area (Å²) < 4.78 is 5.78. The summed E-state index contributed by atoms with van der Waals surface area (Å²) in [6.45, 7) is 0. The molecule has 3 N–H and O–H groups in total. The van der Waals surface area contributed by atoms with E-state index < -0.39 is 35.8 Å². The van der Waals surface area contributed by atoms with Gasteiger partial charge in [0.1, 0.15) is 23.3 Å². The number of hydrogen-bond acceptors (Lipinski definition) is 7. The van der Waals surface area contributed by atoms with E-state index in [0.29, 0.717) is 22.6 Å². The highest BCUT2D eigenvalue weighted by atomic mass is 16.5. The van der Waals surface area contributed by atoms with Gasteiger partial charge in [-0.1, -0.05) is 30.3 Å². The number of hydrogen-bond donors (Lipinski definition) is 3. The van der Waals surface area contributed by atoms with Crippen molar-refractivity contribution in [3.8, 4) is 29.4 Å². The van der Waals surface area contributed by atoms with Crippen LogP contribution >= 0.6 is 0 Å². The number of para-hydroxylation sites is 1. The van der Waals surface area contributed by atoms with Gasteiger partial charge in [0.25, 0.3) is 5.91 Å². The molecule has 0 saturated heterocycles. The summed E-state index contributed by atoms with van der Waals surface area (Å²) in [7, 11) is 0. The Labute approximate surface area is 205 Å². The summed E-state index contributed by atoms with van der Waals surface area (Å²) in [5, 5.41) is 41.8. The number of ether oxygens (including phenoxy) is 1. The van der Waals surface area contributed by atoms with Crippen LogP contribution in [0.25, 0.3) is 10.8 Å². The summed E-state index contributed by atoms with van der Waals surface area (Å²) in [4.78, 5) is 28.5. The van der Waals surface area contributed by atoms with Gasteiger partial charge in [0.15, 0.2) is 11.4 Å². The van der Waals surface area contributed by atoms with Gasteiger partial charge in [0.05, 0.1) is 24.1 Å². The van der Waals surface area contributed by atoms with E-state index in [9.17, 15) is 25.1 Å². The summed E-state index contributed by atoms with van der Waals surface area (Å²) in [6, 6.07) is 22.6. The average molecular weight is 478 g/mol. The maximum Gasteiger partial charge on any atom is 0.305 e. The Kier molecular flexibility index (Phi) is 6.76. The van der Waals surface area contributed by atoms with Crippen LogP contribution in [0.1, 0.15) is 39.8 Å². The monoisotopic (exact) mass is 478 g/mol. The summed E-state index contributed by atoms with van der Waals surface area (Å²) >= 11 is 0. The maximum absolute atomic E-state index is 13.1. The summed E-state index contributed by atoms with van der Waals surface area (Å²) in [5.74, 6) is -1.49. The van der Waals surface area contributed by atoms with Gasteiger partial charge < -0.3 is 20.3 Å². The maximum atomic E-state index is 13.1. The Hall–Kier alpha value is -5.41. The number of nitriles is 2. The first kappa shape index (κ1) is 23.7. The molecular formula is C27H18N4O5. The van der Waals surface area contributed by atoms with Crippen molar-refractivity contribution in [2.75, 3.05) is 0 Å². The van der Waals surface area contributed by atoms with Crippen LogP contribution in [-0.2, 0) is 4.79 Å². The molecule has 176 valence electrons. The van der Waals surface area contributed by atoms with Gasteiger partial charge in [0, 0.05) is 10.8 Å². The zero-order chi connectivity index (χ0) is 25.7. The second kappa shape index (κ2) is 10.2. The van der Waals surface area contributed by atoms with E-state index in [-0.39, 0.29) is 16.5 Å². The van der Waals surface area contributed by atoms with Crippen LogP contribution in [-0.4, -0.2) is 27.1 Å². The zero-order valence-electron chi connectivity index (χ0n) is 18.7. The lowest BCUT2D eigenvalue weighted by Crippen LogP contribution is -2.31. The number of benzene rings is 3. The van der Waals surface area contributed by atoms with Crippen LogP contribution in [0.2, 0.25) is 0 Å². The van der Waals surface area contributed by atoms with Crippen molar-refractivity contribution in [2.45, 2.75) is 12.5 Å². The first-order valence-electron chi connectivity index (χ1n) is 10.7. The number of aromatic hydroxyl groups is 1. The molecule has 9 nitrogen and oxygen atoms in total. The van der Waals surface area contributed by atoms with Crippen molar-refractivity contribution in [1.82, 2.24) is 10.3 Å². The van der Waals surface area contributed by atoms with Crippen molar-refractivity contribution in [2.24, 2.45) is 0 Å². The molecule has 0 aliphatic carbocycles. The van der Waals surface area contributed by atoms with Crippen LogP contribution < -0.4 is 10.1 Å². The topological polar surface area (TPSA) is 156 Å². The second-order valence-corrected chi connectivity index (χ2v) is 7.75. The Morgan fingerprint density at radius 2 is 1.67 bits per heavy atom. The SMILES string of the molecule is N#Cc1ccc([C@H](CC(=O)O)NC(=O)c2nc(C#N)c3cc(Oc4ccccc4)ccc3c2O)cc1. The zero-order valence-corrected chi connectivity index (χ0v) is 18.7. The molecular weight excluding hydrogens is 460 g/mol. The number of carboxylic acid groups (broad SMARTS) is 1. The summed E-state index contributed by atoms with van der Waals surface area (Å²) in [6.07, 6.45) is -0.447. The van der Waals surface area contributed by atoms with Gasteiger partial charge in [-0.3, -0.25) is 9.59 Å². The molecule has 0 aliphatic heterocycles. The molecule has 0 aliphatic rings. The Bertz CT molecular complexity index is 1540. The van der Waals surface area contributed by atoms with Crippen molar-refractivity contribution in [1.29, 1.82) is 10.5 Å². The standard InChI is InChI=1S/C27H18N4O5/c28-14-16-6-8-17(9-7-16)22(13-24(32)33)31-27(35)25-26(34)20-11-10-19(12-21(20)23(15-29)30-25)36-18-4-2-1-3-5-18/h1-12,22,34H,13H2,(H,31,35)(H,32,33)/t22-/m0/s1. The predicted molar refractivity (Wildman–Crippen MR) is 128 cm³/mol. The second-order valence-electron chi connectivity index (χ2n) is 7.75. The molecule has 1 atom stereocenters. The Morgan fingerprint density at radius 3 is 2.31 bits per heavy atom. The molecule has 0 bridgehead atoms. The van der Waals surface area contributed by atoms with Crippen molar-refractivity contribution >= 4 is 22.6 Å². The minimum atomic E-state index is -1.16. The van der Waals surface area contributed by atoms with Gasteiger partial charge in [-0.2, -0.15) is 10.5 Å². The lowest BCUT2D eigenvalue weighted by molar-refractivity contribution is -0.137. The molecule has 1 heterocycles. The number of nitrogens with one attached hydrogen (secondary N) is 1. The molecule has 0 spiro atoms. The summed E-state index contributed by atoms with van der Waals surface area (Å²) in [5.41, 5.74) is 0.301. The number of nitrogens with zero attached hydrogens (tertiary/aromatic N) is 3. The van der Waals surface area contributed by atoms with Gasteiger partial charge in [-0.15, -0.1) is 0 Å². The third kappa shape index (κ3) is 5.06. The predicted octanol–water partition coefficient (Wildman–Crippen LogP) is 4.42. The van der Waals surface area contributed by atoms with Crippen LogP contribution in [0, 0.1) is 22.7 Å². The minimum absolute atomic E-state index is 0.111. The van der Waals surface area contributed by atoms with Crippen LogP contribution in [0.4, 0.5) is 0 Å². The van der Waals surface area contributed by atoms with Gasteiger partial charge >= 0.3 is 5.97 Å². The largest absolute Gasteiger partial charge is 0.505 e. The first-order valence-corrected chi connectivity index (χ1v) is 10.7. The Morgan fingerprint density at radius 1 is 0.944 bits per heavy atom.